The van der Waals surface area contributed by atoms with Crippen LogP contribution in [0.3, 0.4) is 0 Å². The van der Waals surface area contributed by atoms with Gasteiger partial charge in [0.1, 0.15) is 0 Å². The second-order valence-electron chi connectivity index (χ2n) is 7.88. The number of hydrogen-bond acceptors (Lipinski definition) is 7. The maximum atomic E-state index is 11.8. The van der Waals surface area contributed by atoms with Crippen LogP contribution in [0.1, 0.15) is 68.0 Å². The Kier molecular flexibility index (Phi) is 13.4. The van der Waals surface area contributed by atoms with E-state index >= 15 is 0 Å². The van der Waals surface area contributed by atoms with Gasteiger partial charge in [-0.2, -0.15) is 14.0 Å². The SMILES string of the molecule is CCCCCCCCN=C(c1ccc(Cl)cc1)c1c(C)cc(CC(=O)OC)n1C.[O-][Cl+3]([O-])([O-])O. The zero-order valence-corrected chi connectivity index (χ0v) is 21.7. The lowest BCUT2D eigenvalue weighted by Gasteiger charge is -2.12. The largest absolute Gasteiger partial charge is 0.469 e. The van der Waals surface area contributed by atoms with Gasteiger partial charge in [-0.3, -0.25) is 9.79 Å². The third kappa shape index (κ3) is 11.5. The molecule has 0 unspecified atom stereocenters. The minimum Gasteiger partial charge on any atom is -0.469 e. The Morgan fingerprint density at radius 1 is 1.12 bits per heavy atom. The highest BCUT2D eigenvalue weighted by Gasteiger charge is 2.18. The number of ether oxygens (including phenoxy) is 1. The number of nitrogens with zero attached hydrogens (tertiary/aromatic N) is 2. The zero-order chi connectivity index (χ0) is 25.7. The van der Waals surface area contributed by atoms with E-state index in [-0.39, 0.29) is 12.4 Å². The van der Waals surface area contributed by atoms with Crippen molar-refractivity contribution in [3.63, 3.8) is 0 Å². The number of aliphatic imine (C=N–C) groups is 1. The van der Waals surface area contributed by atoms with Crippen molar-refractivity contribution in [2.75, 3.05) is 13.7 Å². The van der Waals surface area contributed by atoms with E-state index in [9.17, 15) is 4.79 Å². The Morgan fingerprint density at radius 3 is 2.24 bits per heavy atom. The molecule has 0 aliphatic rings. The first-order chi connectivity index (χ1) is 16.0. The van der Waals surface area contributed by atoms with E-state index in [4.69, 9.17) is 40.0 Å². The van der Waals surface area contributed by atoms with Gasteiger partial charge in [-0.25, -0.2) is 0 Å². The highest BCUT2D eigenvalue weighted by atomic mass is 35.7. The van der Waals surface area contributed by atoms with Crippen molar-refractivity contribution in [1.29, 1.82) is 0 Å². The number of halogens is 2. The Bertz CT molecular complexity index is 915. The molecule has 8 nitrogen and oxygen atoms in total. The Hall–Kier alpha value is -1.94. The van der Waals surface area contributed by atoms with Crippen LogP contribution in [0.25, 0.3) is 0 Å². The summed E-state index contributed by atoms with van der Waals surface area (Å²) < 4.78 is 39.6. The van der Waals surface area contributed by atoms with Gasteiger partial charge in [0.25, 0.3) is 0 Å². The highest BCUT2D eigenvalue weighted by molar-refractivity contribution is 6.30. The van der Waals surface area contributed by atoms with E-state index in [1.165, 1.54) is 39.2 Å². The summed E-state index contributed by atoms with van der Waals surface area (Å²) in [5.74, 6) is -0.241. The zero-order valence-electron chi connectivity index (χ0n) is 20.2. The fourth-order valence-electron chi connectivity index (χ4n) is 3.55. The molecule has 0 aliphatic heterocycles. The van der Waals surface area contributed by atoms with Crippen molar-refractivity contribution < 1.29 is 38.4 Å². The predicted molar refractivity (Wildman–Crippen MR) is 123 cm³/mol. The average Bonchev–Trinajstić information content (AvgIpc) is 3.02. The molecular weight excluding hydrogens is 483 g/mol. The van der Waals surface area contributed by atoms with E-state index in [1.807, 2.05) is 37.4 Å². The maximum absolute atomic E-state index is 11.8. The van der Waals surface area contributed by atoms with Crippen LogP contribution in [-0.4, -0.2) is 34.6 Å². The number of aromatic nitrogens is 1. The van der Waals surface area contributed by atoms with Crippen LogP contribution in [0.2, 0.25) is 5.02 Å². The van der Waals surface area contributed by atoms with Gasteiger partial charge in [0.05, 0.1) is 39.8 Å². The van der Waals surface area contributed by atoms with Gasteiger partial charge in [0.15, 0.2) is 0 Å². The van der Waals surface area contributed by atoms with Gasteiger partial charge in [-0.05, 0) is 37.1 Å². The van der Waals surface area contributed by atoms with Gasteiger partial charge in [0.2, 0.25) is 0 Å². The fraction of sp³-hybridized carbons (Fsp3) is 0.500. The van der Waals surface area contributed by atoms with Crippen LogP contribution >= 0.6 is 11.6 Å². The third-order valence-corrected chi connectivity index (χ3v) is 5.45. The van der Waals surface area contributed by atoms with Gasteiger partial charge >= 0.3 is 5.97 Å². The smallest absolute Gasteiger partial charge is 0.311 e. The predicted octanol–water partition coefficient (Wildman–Crippen LogP) is 1.78. The van der Waals surface area contributed by atoms with Crippen molar-refractivity contribution in [2.24, 2.45) is 12.0 Å². The number of carbonyl (C=O) groups excluding carboxylic acids is 1. The number of aryl methyl sites for hydroxylation is 1. The molecule has 0 fully saturated rings. The lowest BCUT2D eigenvalue weighted by Crippen LogP contribution is -2.58. The van der Waals surface area contributed by atoms with Crippen LogP contribution in [0.15, 0.2) is 35.3 Å². The highest BCUT2D eigenvalue weighted by Crippen LogP contribution is 2.21. The second kappa shape index (κ2) is 15.1. The van der Waals surface area contributed by atoms with E-state index in [1.54, 1.807) is 0 Å². The summed E-state index contributed by atoms with van der Waals surface area (Å²) in [7, 11) is -1.29. The summed E-state index contributed by atoms with van der Waals surface area (Å²) >= 11 is 6.09. The molecule has 1 N–H and O–H groups in total. The van der Waals surface area contributed by atoms with Gasteiger partial charge in [0, 0.05) is 29.9 Å². The molecule has 2 rings (SSSR count). The minimum absolute atomic E-state index is 0.241. The summed E-state index contributed by atoms with van der Waals surface area (Å²) in [4.78, 5) is 16.8. The van der Waals surface area contributed by atoms with Crippen molar-refractivity contribution in [3.05, 3.63) is 57.9 Å². The molecule has 0 spiro atoms. The molecule has 0 amide bonds. The van der Waals surface area contributed by atoms with E-state index in [2.05, 4.69) is 18.4 Å². The lowest BCUT2D eigenvalue weighted by molar-refractivity contribution is -1.92. The normalized spacial score (nSPS) is 11.7. The maximum Gasteiger partial charge on any atom is 0.311 e. The molecule has 190 valence electrons. The number of carbonyl (C=O) groups is 1. The molecule has 0 saturated heterocycles. The fourth-order valence-corrected chi connectivity index (χ4v) is 3.68. The molecule has 2 aromatic rings. The van der Waals surface area contributed by atoms with Crippen LogP contribution in [0.5, 0.6) is 0 Å². The molecule has 1 aromatic heterocycles. The number of benzene rings is 1. The number of unbranched alkanes of at least 4 members (excludes halogenated alkanes) is 5. The quantitative estimate of drug-likeness (QED) is 0.275. The van der Waals surface area contributed by atoms with Crippen molar-refractivity contribution in [3.8, 4) is 0 Å². The summed E-state index contributed by atoms with van der Waals surface area (Å²) in [6.07, 6.45) is 7.68. The second-order valence-corrected chi connectivity index (χ2v) is 9.11. The van der Waals surface area contributed by atoms with Crippen LogP contribution in [-0.2, 0) is 23.0 Å². The summed E-state index contributed by atoms with van der Waals surface area (Å²) in [5.41, 5.74) is 5.05. The average molecular weight is 517 g/mol. The molecular formula is C24H34Cl2N2O6. The van der Waals surface area contributed by atoms with E-state index in [0.717, 1.165) is 41.2 Å². The summed E-state index contributed by atoms with van der Waals surface area (Å²) in [6.45, 7) is 5.09. The number of rotatable bonds is 11. The lowest BCUT2D eigenvalue weighted by atomic mass is 10.0. The van der Waals surface area contributed by atoms with Gasteiger partial charge in [-0.15, -0.1) is 0 Å². The first-order valence-electron chi connectivity index (χ1n) is 11.1. The monoisotopic (exact) mass is 516 g/mol. The van der Waals surface area contributed by atoms with E-state index < -0.39 is 10.2 Å². The molecule has 0 bridgehead atoms. The molecule has 1 aromatic carbocycles. The molecule has 0 aliphatic carbocycles. The van der Waals surface area contributed by atoms with Gasteiger partial charge in [-0.1, -0.05) is 62.8 Å². The van der Waals surface area contributed by atoms with Crippen LogP contribution in [0, 0.1) is 17.2 Å². The number of hydrogen-bond donors (Lipinski definition) is 1. The summed E-state index contributed by atoms with van der Waals surface area (Å²) in [6, 6.07) is 9.85. The Labute approximate surface area is 208 Å². The topological polar surface area (TPSA) is 133 Å². The number of methoxy groups -OCH3 is 1. The van der Waals surface area contributed by atoms with Crippen LogP contribution < -0.4 is 14.0 Å². The Balaban J connectivity index is 0.00000104. The minimum atomic E-state index is -4.69. The molecule has 34 heavy (non-hydrogen) atoms. The Morgan fingerprint density at radius 2 is 1.68 bits per heavy atom. The summed E-state index contributed by atoms with van der Waals surface area (Å²) in [5, 5.41) is 0.707. The molecule has 10 heteroatoms. The van der Waals surface area contributed by atoms with E-state index in [0.29, 0.717) is 5.02 Å². The molecule has 1 heterocycles. The van der Waals surface area contributed by atoms with Crippen molar-refractivity contribution in [1.82, 2.24) is 4.57 Å². The first-order valence-corrected chi connectivity index (χ1v) is 12.8. The van der Waals surface area contributed by atoms with Crippen LogP contribution in [0.4, 0.5) is 0 Å². The standard InChI is InChI=1S/C24H33ClN2O2.ClHO4/c1-5-6-7-8-9-10-15-26-23(19-11-13-20(25)14-12-19)24-18(2)16-21(27(24)3)17-22(28)29-4;2-1(3,4)5/h11-14,16H,5-10,15,17H2,1-4H3;(H,2,3,4,5). The van der Waals surface area contributed by atoms with Crippen molar-refractivity contribution in [2.45, 2.75) is 58.8 Å². The first kappa shape index (κ1) is 30.1. The van der Waals surface area contributed by atoms with Crippen molar-refractivity contribution >= 4 is 23.3 Å². The number of esters is 1. The third-order valence-electron chi connectivity index (χ3n) is 5.20. The molecule has 0 saturated carbocycles. The molecule has 0 atom stereocenters. The molecule has 0 radical (unpaired) electrons. The van der Waals surface area contributed by atoms with Gasteiger partial charge < -0.3 is 9.30 Å².